The van der Waals surface area contributed by atoms with Crippen molar-refractivity contribution in [1.82, 2.24) is 15.3 Å². The van der Waals surface area contributed by atoms with Gasteiger partial charge in [-0.2, -0.15) is 0 Å². The maximum Gasteiger partial charge on any atom is 0.270 e. The fourth-order valence-electron chi connectivity index (χ4n) is 1.80. The van der Waals surface area contributed by atoms with E-state index in [0.717, 1.165) is 11.4 Å². The molecule has 20 heavy (non-hydrogen) atoms. The predicted octanol–water partition coefficient (Wildman–Crippen LogP) is 1.77. The van der Waals surface area contributed by atoms with Crippen LogP contribution in [0.1, 0.15) is 21.9 Å². The molecule has 0 unspecified atom stereocenters. The molecule has 0 bridgehead atoms. The summed E-state index contributed by atoms with van der Waals surface area (Å²) in [5, 5.41) is 2.82. The second kappa shape index (κ2) is 6.65. The number of methoxy groups -OCH3 is 1. The van der Waals surface area contributed by atoms with E-state index in [1.54, 1.807) is 25.4 Å². The van der Waals surface area contributed by atoms with Crippen molar-refractivity contribution in [2.45, 2.75) is 13.3 Å². The van der Waals surface area contributed by atoms with Crippen molar-refractivity contribution in [2.75, 3.05) is 13.7 Å². The molecule has 1 amide bonds. The Balaban J connectivity index is 1.89. The van der Waals surface area contributed by atoms with Gasteiger partial charge in [-0.15, -0.1) is 0 Å². The number of hydrogen-bond donors (Lipinski definition) is 1. The molecule has 2 rings (SSSR count). The number of nitrogens with one attached hydrogen (secondary N) is 1. The normalized spacial score (nSPS) is 10.1. The van der Waals surface area contributed by atoms with Crippen molar-refractivity contribution in [3.63, 3.8) is 0 Å². The fourth-order valence-corrected chi connectivity index (χ4v) is 1.80. The summed E-state index contributed by atoms with van der Waals surface area (Å²) in [6.45, 7) is 2.47. The van der Waals surface area contributed by atoms with Gasteiger partial charge in [-0.3, -0.25) is 14.8 Å². The lowest BCUT2D eigenvalue weighted by Crippen LogP contribution is -2.26. The zero-order valence-electron chi connectivity index (χ0n) is 11.6. The molecule has 2 heterocycles. The lowest BCUT2D eigenvalue weighted by molar-refractivity contribution is 0.0948. The minimum absolute atomic E-state index is 0.212. The van der Waals surface area contributed by atoms with Crippen molar-refractivity contribution in [2.24, 2.45) is 0 Å². The molecule has 1 N–H and O–H groups in total. The molecule has 0 aromatic carbocycles. The average molecular weight is 271 g/mol. The molecule has 0 aliphatic rings. The quantitative estimate of drug-likeness (QED) is 0.900. The number of hydrogen-bond acceptors (Lipinski definition) is 4. The van der Waals surface area contributed by atoms with Crippen LogP contribution in [-0.4, -0.2) is 29.5 Å². The van der Waals surface area contributed by atoms with Crippen LogP contribution in [0.3, 0.4) is 0 Å². The number of pyridine rings is 2. The first-order valence-electron chi connectivity index (χ1n) is 6.40. The van der Waals surface area contributed by atoms with Crippen molar-refractivity contribution < 1.29 is 9.53 Å². The van der Waals surface area contributed by atoms with Crippen LogP contribution in [0.15, 0.2) is 36.5 Å². The Kier molecular flexibility index (Phi) is 4.65. The van der Waals surface area contributed by atoms with Gasteiger partial charge in [0.05, 0.1) is 7.11 Å². The summed E-state index contributed by atoms with van der Waals surface area (Å²) in [6, 6.07) is 9.17. The molecule has 5 nitrogen and oxygen atoms in total. The van der Waals surface area contributed by atoms with E-state index in [2.05, 4.69) is 15.3 Å². The molecule has 0 fully saturated rings. The van der Waals surface area contributed by atoms with Crippen LogP contribution in [0.2, 0.25) is 0 Å². The van der Waals surface area contributed by atoms with Crippen LogP contribution in [-0.2, 0) is 6.42 Å². The summed E-state index contributed by atoms with van der Waals surface area (Å²) >= 11 is 0. The second-order valence-corrected chi connectivity index (χ2v) is 4.36. The van der Waals surface area contributed by atoms with Gasteiger partial charge in [-0.25, -0.2) is 0 Å². The minimum atomic E-state index is -0.212. The van der Waals surface area contributed by atoms with Crippen molar-refractivity contribution in [3.05, 3.63) is 53.6 Å². The average Bonchev–Trinajstić information content (AvgIpc) is 2.47. The van der Waals surface area contributed by atoms with E-state index in [-0.39, 0.29) is 5.91 Å². The number of carbonyl (C=O) groups is 1. The van der Waals surface area contributed by atoms with E-state index in [0.29, 0.717) is 24.4 Å². The Hall–Kier alpha value is -2.43. The highest BCUT2D eigenvalue weighted by Gasteiger charge is 2.07. The van der Waals surface area contributed by atoms with Gasteiger partial charge in [0.2, 0.25) is 0 Å². The fraction of sp³-hybridized carbons (Fsp3) is 0.267. The molecule has 104 valence electrons. The molecule has 0 aliphatic carbocycles. The molecule has 0 radical (unpaired) electrons. The Bertz CT molecular complexity index is 599. The van der Waals surface area contributed by atoms with Gasteiger partial charge >= 0.3 is 0 Å². The first-order valence-corrected chi connectivity index (χ1v) is 6.40. The number of nitrogens with zero attached hydrogens (tertiary/aromatic N) is 2. The minimum Gasteiger partial charge on any atom is -0.497 e. The molecule has 5 heteroatoms. The summed E-state index contributed by atoms with van der Waals surface area (Å²) in [5.41, 5.74) is 2.29. The van der Waals surface area contributed by atoms with E-state index in [4.69, 9.17) is 4.74 Å². The molecule has 0 aliphatic heterocycles. The number of carbonyl (C=O) groups excluding carboxylic acids is 1. The summed E-state index contributed by atoms with van der Waals surface area (Å²) in [7, 11) is 1.56. The number of rotatable bonds is 5. The monoisotopic (exact) mass is 271 g/mol. The third-order valence-electron chi connectivity index (χ3n) is 2.81. The lowest BCUT2D eigenvalue weighted by Gasteiger charge is -2.06. The molecule has 2 aromatic rings. The predicted molar refractivity (Wildman–Crippen MR) is 75.8 cm³/mol. The van der Waals surface area contributed by atoms with Crippen LogP contribution in [0, 0.1) is 6.92 Å². The molecular formula is C15H17N3O2. The molecule has 0 atom stereocenters. The van der Waals surface area contributed by atoms with Crippen molar-refractivity contribution in [1.29, 1.82) is 0 Å². The Morgan fingerprint density at radius 1 is 1.35 bits per heavy atom. The van der Waals surface area contributed by atoms with E-state index >= 15 is 0 Å². The third kappa shape index (κ3) is 3.78. The van der Waals surface area contributed by atoms with Gasteiger partial charge in [-0.05, 0) is 25.1 Å². The van der Waals surface area contributed by atoms with Gasteiger partial charge in [0.25, 0.3) is 5.91 Å². The standard InChI is InChI=1S/C15H17N3O2/c1-11-4-3-5-12(18-11)6-8-17-15(19)14-10-13(20-2)7-9-16-14/h3-5,7,9-10H,6,8H2,1-2H3,(H,17,19). The van der Waals surface area contributed by atoms with Gasteiger partial charge in [0.1, 0.15) is 11.4 Å². The first kappa shape index (κ1) is 14.0. The van der Waals surface area contributed by atoms with Crippen molar-refractivity contribution >= 4 is 5.91 Å². The molecular weight excluding hydrogens is 254 g/mol. The number of amides is 1. The second-order valence-electron chi connectivity index (χ2n) is 4.36. The van der Waals surface area contributed by atoms with E-state index in [1.165, 1.54) is 0 Å². The largest absolute Gasteiger partial charge is 0.497 e. The highest BCUT2D eigenvalue weighted by atomic mass is 16.5. The van der Waals surface area contributed by atoms with Gasteiger partial charge in [0, 0.05) is 36.6 Å². The highest BCUT2D eigenvalue weighted by Crippen LogP contribution is 2.09. The lowest BCUT2D eigenvalue weighted by atomic mass is 10.2. The van der Waals surface area contributed by atoms with Crippen LogP contribution < -0.4 is 10.1 Å². The molecule has 0 saturated carbocycles. The van der Waals surface area contributed by atoms with Crippen molar-refractivity contribution in [3.8, 4) is 5.75 Å². The summed E-state index contributed by atoms with van der Waals surface area (Å²) < 4.78 is 5.06. The Morgan fingerprint density at radius 2 is 2.20 bits per heavy atom. The van der Waals surface area contributed by atoms with Crippen LogP contribution in [0.25, 0.3) is 0 Å². The third-order valence-corrected chi connectivity index (χ3v) is 2.81. The first-order chi connectivity index (χ1) is 9.69. The van der Waals surface area contributed by atoms with Crippen LogP contribution in [0.4, 0.5) is 0 Å². The number of aromatic nitrogens is 2. The number of aryl methyl sites for hydroxylation is 1. The molecule has 2 aromatic heterocycles. The van der Waals surface area contributed by atoms with Gasteiger partial charge in [-0.1, -0.05) is 6.07 Å². The summed E-state index contributed by atoms with van der Waals surface area (Å²) in [4.78, 5) is 20.3. The maximum atomic E-state index is 11.9. The van der Waals surface area contributed by atoms with Gasteiger partial charge in [0.15, 0.2) is 0 Å². The van der Waals surface area contributed by atoms with Crippen LogP contribution >= 0.6 is 0 Å². The topological polar surface area (TPSA) is 64.1 Å². The van der Waals surface area contributed by atoms with E-state index < -0.39 is 0 Å². The summed E-state index contributed by atoms with van der Waals surface area (Å²) in [6.07, 6.45) is 2.24. The van der Waals surface area contributed by atoms with E-state index in [1.807, 2.05) is 25.1 Å². The SMILES string of the molecule is COc1ccnc(C(=O)NCCc2cccc(C)n2)c1. The molecule has 0 saturated heterocycles. The Labute approximate surface area is 118 Å². The maximum absolute atomic E-state index is 11.9. The Morgan fingerprint density at radius 3 is 2.95 bits per heavy atom. The van der Waals surface area contributed by atoms with Gasteiger partial charge < -0.3 is 10.1 Å². The molecule has 0 spiro atoms. The number of ether oxygens (including phenoxy) is 1. The highest BCUT2D eigenvalue weighted by molar-refractivity contribution is 5.92. The van der Waals surface area contributed by atoms with E-state index in [9.17, 15) is 4.79 Å². The summed E-state index contributed by atoms with van der Waals surface area (Å²) in [5.74, 6) is 0.405. The van der Waals surface area contributed by atoms with Crippen LogP contribution in [0.5, 0.6) is 5.75 Å². The zero-order valence-corrected chi connectivity index (χ0v) is 11.6. The smallest absolute Gasteiger partial charge is 0.270 e. The zero-order chi connectivity index (χ0) is 14.4.